The number of nitrogens with zero attached hydrogens (tertiary/aromatic N) is 2. The molecule has 1 aliphatic carbocycles. The van der Waals surface area contributed by atoms with Gasteiger partial charge in [-0.1, -0.05) is 12.8 Å². The van der Waals surface area contributed by atoms with E-state index in [1.54, 1.807) is 6.20 Å². The fraction of sp³-hybridized carbons (Fsp3) is 0.667. The van der Waals surface area contributed by atoms with Crippen molar-refractivity contribution in [1.29, 1.82) is 0 Å². The van der Waals surface area contributed by atoms with Crippen LogP contribution < -0.4 is 5.73 Å². The number of aromatic nitrogens is 2. The summed E-state index contributed by atoms with van der Waals surface area (Å²) in [5.41, 5.74) is 5.72. The average Bonchev–Trinajstić information content (AvgIpc) is 2.65. The molecule has 0 spiro atoms. The molecule has 0 aromatic carbocycles. The highest BCUT2D eigenvalue weighted by Crippen LogP contribution is 2.26. The number of hydrogen-bond acceptors (Lipinski definition) is 2. The summed E-state index contributed by atoms with van der Waals surface area (Å²) in [5, 5.41) is 4.17. The van der Waals surface area contributed by atoms with Crippen molar-refractivity contribution in [1.82, 2.24) is 9.78 Å². The van der Waals surface area contributed by atoms with Gasteiger partial charge in [-0.25, -0.2) is 4.68 Å². The fourth-order valence-corrected chi connectivity index (χ4v) is 1.93. The summed E-state index contributed by atoms with van der Waals surface area (Å²) in [6.45, 7) is 1.01. The van der Waals surface area contributed by atoms with Crippen LogP contribution in [0.15, 0.2) is 12.3 Å². The van der Waals surface area contributed by atoms with Gasteiger partial charge in [0.1, 0.15) is 5.82 Å². The van der Waals surface area contributed by atoms with Crippen LogP contribution >= 0.6 is 0 Å². The minimum Gasteiger partial charge on any atom is -0.384 e. The highest BCUT2D eigenvalue weighted by molar-refractivity contribution is 5.25. The van der Waals surface area contributed by atoms with Crippen LogP contribution in [0, 0.1) is 5.92 Å². The van der Waals surface area contributed by atoms with Gasteiger partial charge in [0.2, 0.25) is 0 Å². The van der Waals surface area contributed by atoms with Crippen LogP contribution in [-0.2, 0) is 6.54 Å². The molecule has 2 N–H and O–H groups in total. The van der Waals surface area contributed by atoms with Crippen molar-refractivity contribution in [3.8, 4) is 0 Å². The van der Waals surface area contributed by atoms with Gasteiger partial charge in [0, 0.05) is 6.54 Å². The molecule has 2 rings (SSSR count). The lowest BCUT2D eigenvalue weighted by atomic mass is 10.1. The van der Waals surface area contributed by atoms with Crippen LogP contribution in [0.5, 0.6) is 0 Å². The van der Waals surface area contributed by atoms with Crippen molar-refractivity contribution in [2.45, 2.75) is 32.2 Å². The number of anilines is 1. The van der Waals surface area contributed by atoms with Gasteiger partial charge in [0.05, 0.1) is 6.20 Å². The molecule has 3 nitrogen and oxygen atoms in total. The third-order valence-corrected chi connectivity index (χ3v) is 2.66. The van der Waals surface area contributed by atoms with Crippen molar-refractivity contribution in [2.75, 3.05) is 5.73 Å². The lowest BCUT2D eigenvalue weighted by Crippen LogP contribution is -2.11. The van der Waals surface area contributed by atoms with Gasteiger partial charge in [-0.05, 0) is 24.8 Å². The van der Waals surface area contributed by atoms with E-state index < -0.39 is 0 Å². The van der Waals surface area contributed by atoms with E-state index in [-0.39, 0.29) is 0 Å². The van der Waals surface area contributed by atoms with E-state index in [2.05, 4.69) is 5.10 Å². The first-order chi connectivity index (χ1) is 5.86. The highest BCUT2D eigenvalue weighted by Gasteiger charge is 2.16. The van der Waals surface area contributed by atoms with E-state index in [0.717, 1.165) is 18.3 Å². The largest absolute Gasteiger partial charge is 0.384 e. The van der Waals surface area contributed by atoms with Crippen LogP contribution in [0.25, 0.3) is 0 Å². The molecule has 0 aliphatic heterocycles. The molecule has 0 bridgehead atoms. The van der Waals surface area contributed by atoms with Crippen molar-refractivity contribution < 1.29 is 0 Å². The Morgan fingerprint density at radius 1 is 1.50 bits per heavy atom. The lowest BCUT2D eigenvalue weighted by Gasteiger charge is -2.09. The van der Waals surface area contributed by atoms with E-state index in [1.165, 1.54) is 25.7 Å². The first-order valence-corrected chi connectivity index (χ1v) is 4.63. The molecular formula is C9H15N3. The molecule has 0 radical (unpaired) electrons. The maximum Gasteiger partial charge on any atom is 0.121 e. The van der Waals surface area contributed by atoms with E-state index in [1.807, 2.05) is 10.7 Å². The summed E-state index contributed by atoms with van der Waals surface area (Å²) in [6, 6.07) is 1.86. The maximum absolute atomic E-state index is 5.72. The second kappa shape index (κ2) is 3.17. The zero-order chi connectivity index (χ0) is 8.39. The molecule has 1 fully saturated rings. The Hall–Kier alpha value is -0.990. The predicted molar refractivity (Wildman–Crippen MR) is 48.6 cm³/mol. The molecule has 1 aromatic rings. The zero-order valence-electron chi connectivity index (χ0n) is 7.24. The van der Waals surface area contributed by atoms with Crippen molar-refractivity contribution in [2.24, 2.45) is 5.92 Å². The Bertz CT molecular complexity index is 248. The van der Waals surface area contributed by atoms with Crippen LogP contribution in [-0.4, -0.2) is 9.78 Å². The summed E-state index contributed by atoms with van der Waals surface area (Å²) in [7, 11) is 0. The Balaban J connectivity index is 1.98. The lowest BCUT2D eigenvalue weighted by molar-refractivity contribution is 0.433. The second-order valence-electron chi connectivity index (χ2n) is 3.59. The van der Waals surface area contributed by atoms with Gasteiger partial charge in [-0.2, -0.15) is 5.10 Å². The van der Waals surface area contributed by atoms with E-state index in [4.69, 9.17) is 5.73 Å². The number of nitrogens with two attached hydrogens (primary N) is 1. The van der Waals surface area contributed by atoms with Gasteiger partial charge in [-0.3, -0.25) is 0 Å². The number of rotatable bonds is 2. The van der Waals surface area contributed by atoms with Gasteiger partial charge in [0.15, 0.2) is 0 Å². The summed E-state index contributed by atoms with van der Waals surface area (Å²) >= 11 is 0. The molecule has 66 valence electrons. The SMILES string of the molecule is Nc1ccnn1CC1CCCC1. The molecule has 12 heavy (non-hydrogen) atoms. The smallest absolute Gasteiger partial charge is 0.121 e. The predicted octanol–water partition coefficient (Wildman–Crippen LogP) is 1.66. The topological polar surface area (TPSA) is 43.8 Å². The van der Waals surface area contributed by atoms with Gasteiger partial charge >= 0.3 is 0 Å². The Morgan fingerprint density at radius 3 is 2.83 bits per heavy atom. The Kier molecular flexibility index (Phi) is 2.02. The molecule has 1 aromatic heterocycles. The van der Waals surface area contributed by atoms with Crippen LogP contribution in [0.1, 0.15) is 25.7 Å². The highest BCUT2D eigenvalue weighted by atomic mass is 15.3. The van der Waals surface area contributed by atoms with Gasteiger partial charge in [-0.15, -0.1) is 0 Å². The van der Waals surface area contributed by atoms with E-state index in [9.17, 15) is 0 Å². The second-order valence-corrected chi connectivity index (χ2v) is 3.59. The van der Waals surface area contributed by atoms with Crippen molar-refractivity contribution >= 4 is 5.82 Å². The first kappa shape index (κ1) is 7.65. The van der Waals surface area contributed by atoms with Crippen molar-refractivity contribution in [3.63, 3.8) is 0 Å². The minimum atomic E-state index is 0.793. The number of nitrogen functional groups attached to an aromatic ring is 1. The number of hydrogen-bond donors (Lipinski definition) is 1. The van der Waals surface area contributed by atoms with Crippen LogP contribution in [0.3, 0.4) is 0 Å². The van der Waals surface area contributed by atoms with Crippen molar-refractivity contribution in [3.05, 3.63) is 12.3 Å². The standard InChI is InChI=1S/C9H15N3/c10-9-5-6-11-12(9)7-8-3-1-2-4-8/h5-6,8H,1-4,7,10H2. The summed E-state index contributed by atoms with van der Waals surface area (Å²) in [6.07, 6.45) is 7.22. The molecule has 1 heterocycles. The molecule has 0 amide bonds. The van der Waals surface area contributed by atoms with E-state index in [0.29, 0.717) is 0 Å². The Labute approximate surface area is 72.6 Å². The summed E-state index contributed by atoms with van der Waals surface area (Å²) in [4.78, 5) is 0. The average molecular weight is 165 g/mol. The molecule has 3 heteroatoms. The first-order valence-electron chi connectivity index (χ1n) is 4.63. The monoisotopic (exact) mass is 165 g/mol. The molecular weight excluding hydrogens is 150 g/mol. The third kappa shape index (κ3) is 1.44. The third-order valence-electron chi connectivity index (χ3n) is 2.66. The maximum atomic E-state index is 5.72. The van der Waals surface area contributed by atoms with Gasteiger partial charge in [0.25, 0.3) is 0 Å². The Morgan fingerprint density at radius 2 is 2.25 bits per heavy atom. The minimum absolute atomic E-state index is 0.793. The van der Waals surface area contributed by atoms with Gasteiger partial charge < -0.3 is 5.73 Å². The molecule has 0 unspecified atom stereocenters. The van der Waals surface area contributed by atoms with Crippen LogP contribution in [0.4, 0.5) is 5.82 Å². The fourth-order valence-electron chi connectivity index (χ4n) is 1.93. The zero-order valence-corrected chi connectivity index (χ0v) is 7.24. The molecule has 1 saturated carbocycles. The summed E-state index contributed by atoms with van der Waals surface area (Å²) in [5.74, 6) is 1.61. The molecule has 1 aliphatic rings. The molecule has 0 atom stereocenters. The quantitative estimate of drug-likeness (QED) is 0.724. The van der Waals surface area contributed by atoms with Crippen LogP contribution in [0.2, 0.25) is 0 Å². The molecule has 0 saturated heterocycles. The summed E-state index contributed by atoms with van der Waals surface area (Å²) < 4.78 is 1.91. The van der Waals surface area contributed by atoms with E-state index >= 15 is 0 Å². The normalized spacial score (nSPS) is 18.7.